The molecule has 96 heavy (non-hydrogen) atoms. The van der Waals surface area contributed by atoms with E-state index in [0.717, 1.165) is 164 Å². The minimum Gasteiger partial charge on any atom is -0.465 e. The van der Waals surface area contributed by atoms with Gasteiger partial charge in [0.1, 0.15) is 51.7 Å². The zero-order chi connectivity index (χ0) is 71.2. The summed E-state index contributed by atoms with van der Waals surface area (Å²) in [5.41, 5.74) is -2.07. The smallest absolute Gasteiger partial charge is 0.338 e. The van der Waals surface area contributed by atoms with E-state index >= 15 is 0 Å². The molecule has 0 radical (unpaired) electrons. The minimum atomic E-state index is -1.32. The number of benzene rings is 6. The quantitative estimate of drug-likeness (QED) is 0.0425. The Morgan fingerprint density at radius 2 is 0.438 bits per heavy atom. The molecule has 0 saturated carbocycles. The molecular weight excluding hydrogens is 1280 g/mol. The van der Waals surface area contributed by atoms with Crippen LogP contribution in [-0.2, 0) is 67.1 Å². The molecule has 0 saturated heterocycles. The molecule has 0 unspecified atom stereocenters. The lowest BCUT2D eigenvalue weighted by molar-refractivity contribution is -0.133. The standard InChI is InChI=1S/C64H54O32/c1-27(65)80-40-15-41(81-28(2)66)17-42(16-40)93-59-51(87-34(8)72)22-45(23-52(59)88-35(9)73)94-60-53(89-36(10)74)24-46(25-54(60)90-37(11)75)95-61-50(86-33(7)71)20-44(83-30(4)68)21-55(61)96-62-56(91-38(12)76)26-47(64(78)79-14)57(63(62)92-39(13)77)58-48(84-31(5)69)18-43(82-29(3)67)19-49(58)85-32(6)70/h15-26H,1-14H3. The second-order valence-electron chi connectivity index (χ2n) is 19.3. The van der Waals surface area contributed by atoms with Gasteiger partial charge in [-0.2, -0.15) is 0 Å². The molecule has 32 heteroatoms. The highest BCUT2D eigenvalue weighted by atomic mass is 16.6. The van der Waals surface area contributed by atoms with Gasteiger partial charge in [0.2, 0.25) is 23.0 Å². The second-order valence-corrected chi connectivity index (χ2v) is 19.3. The minimum absolute atomic E-state index is 0.201. The maximum atomic E-state index is 14.1. The van der Waals surface area contributed by atoms with Gasteiger partial charge >= 0.3 is 83.6 Å². The SMILES string of the molecule is COC(=O)c1cc(OC(C)=O)c(Oc2cc(OC(C)=O)cc(OC(C)=O)c2Oc2cc(OC(C)=O)c(Oc3cc(OC(C)=O)c(Oc4cc(OC(C)=O)cc(OC(C)=O)c4)c(OC(C)=O)c3)c(OC(C)=O)c2)c(OC(C)=O)c1-c1c(OC(C)=O)cc(OC(C)=O)cc1OC(C)=O. The highest BCUT2D eigenvalue weighted by Gasteiger charge is 2.36. The molecule has 0 amide bonds. The van der Waals surface area contributed by atoms with Crippen LogP contribution in [-0.4, -0.2) is 90.7 Å². The molecule has 6 aromatic carbocycles. The van der Waals surface area contributed by atoms with E-state index in [1.165, 1.54) is 6.07 Å². The fraction of sp³-hybridized carbons (Fsp3) is 0.219. The highest BCUT2D eigenvalue weighted by Crippen LogP contribution is 2.57. The summed E-state index contributed by atoms with van der Waals surface area (Å²) in [5, 5.41) is 0. The molecule has 0 heterocycles. The highest BCUT2D eigenvalue weighted by molar-refractivity contribution is 6.05. The van der Waals surface area contributed by atoms with Crippen molar-refractivity contribution < 1.29 is 152 Å². The van der Waals surface area contributed by atoms with E-state index in [2.05, 4.69) is 0 Å². The first-order valence-electron chi connectivity index (χ1n) is 27.3. The number of carbonyl (C=O) groups excluding carboxylic acids is 14. The van der Waals surface area contributed by atoms with Crippen LogP contribution in [0.15, 0.2) is 72.8 Å². The van der Waals surface area contributed by atoms with Crippen molar-refractivity contribution in [3.63, 3.8) is 0 Å². The van der Waals surface area contributed by atoms with Gasteiger partial charge in [-0.25, -0.2) is 4.79 Å². The largest absolute Gasteiger partial charge is 0.465 e. The summed E-state index contributed by atoms with van der Waals surface area (Å²) in [6.07, 6.45) is 0. The van der Waals surface area contributed by atoms with Gasteiger partial charge < -0.3 is 85.3 Å². The number of methoxy groups -OCH3 is 1. The molecule has 32 nitrogen and oxygen atoms in total. The average Bonchev–Trinajstić information content (AvgIpc) is 0.757. The molecule has 6 aromatic rings. The lowest BCUT2D eigenvalue weighted by atomic mass is 9.95. The summed E-state index contributed by atoms with van der Waals surface area (Å²) in [7, 11) is 0.899. The van der Waals surface area contributed by atoms with E-state index in [9.17, 15) is 67.1 Å². The number of hydrogen-bond acceptors (Lipinski definition) is 32. The van der Waals surface area contributed by atoms with Gasteiger partial charge in [-0.1, -0.05) is 0 Å². The third kappa shape index (κ3) is 20.0. The van der Waals surface area contributed by atoms with Gasteiger partial charge in [0, 0.05) is 163 Å². The summed E-state index contributed by atoms with van der Waals surface area (Å²) in [5.74, 6) is -27.5. The van der Waals surface area contributed by atoms with Crippen LogP contribution >= 0.6 is 0 Å². The van der Waals surface area contributed by atoms with Crippen LogP contribution < -0.4 is 80.5 Å². The molecule has 502 valence electrons. The fourth-order valence-corrected chi connectivity index (χ4v) is 8.26. The van der Waals surface area contributed by atoms with Crippen molar-refractivity contribution in [3.8, 4) is 132 Å². The Bertz CT molecular complexity index is 4100. The predicted octanol–water partition coefficient (Wildman–Crippen LogP) is 9.34. The Balaban J connectivity index is 1.70. The van der Waals surface area contributed by atoms with E-state index in [1.807, 2.05) is 0 Å². The molecule has 0 aliphatic rings. The van der Waals surface area contributed by atoms with Crippen LogP contribution in [0, 0.1) is 0 Å². The van der Waals surface area contributed by atoms with Crippen LogP contribution in [0.1, 0.15) is 100 Å². The van der Waals surface area contributed by atoms with Crippen LogP contribution in [0.3, 0.4) is 0 Å². The zero-order valence-corrected chi connectivity index (χ0v) is 53.0. The summed E-state index contributed by atoms with van der Waals surface area (Å²) >= 11 is 0. The van der Waals surface area contributed by atoms with Crippen molar-refractivity contribution in [2.24, 2.45) is 0 Å². The number of esters is 14. The van der Waals surface area contributed by atoms with Crippen molar-refractivity contribution in [1.29, 1.82) is 0 Å². The van der Waals surface area contributed by atoms with Crippen molar-refractivity contribution in [2.45, 2.75) is 90.0 Å². The Morgan fingerprint density at radius 1 is 0.208 bits per heavy atom. The van der Waals surface area contributed by atoms with Gasteiger partial charge in [-0.15, -0.1) is 0 Å². The normalized spacial score (nSPS) is 10.4. The van der Waals surface area contributed by atoms with E-state index in [-0.39, 0.29) is 17.2 Å². The first-order valence-corrected chi connectivity index (χ1v) is 27.3. The summed E-state index contributed by atoms with van der Waals surface area (Å²) in [4.78, 5) is 180. The maximum Gasteiger partial charge on any atom is 0.338 e. The summed E-state index contributed by atoms with van der Waals surface area (Å²) < 4.78 is 101. The van der Waals surface area contributed by atoms with Crippen molar-refractivity contribution in [3.05, 3.63) is 78.4 Å². The molecule has 0 bridgehead atoms. The van der Waals surface area contributed by atoms with Crippen LogP contribution in [0.2, 0.25) is 0 Å². The van der Waals surface area contributed by atoms with E-state index < -0.39 is 204 Å². The van der Waals surface area contributed by atoms with E-state index in [1.54, 1.807) is 0 Å². The molecule has 6 rings (SSSR count). The first-order chi connectivity index (χ1) is 45.0. The molecule has 0 aromatic heterocycles. The van der Waals surface area contributed by atoms with Crippen molar-refractivity contribution in [2.75, 3.05) is 7.11 Å². The van der Waals surface area contributed by atoms with Gasteiger partial charge in [0.25, 0.3) is 0 Å². The molecule has 0 N–H and O–H groups in total. The van der Waals surface area contributed by atoms with Gasteiger partial charge in [-0.3, -0.25) is 62.3 Å². The average molecular weight is 1340 g/mol. The molecular formula is C64H54O32. The van der Waals surface area contributed by atoms with Gasteiger partial charge in [0.05, 0.1) is 23.8 Å². The van der Waals surface area contributed by atoms with Crippen LogP contribution in [0.25, 0.3) is 11.1 Å². The monoisotopic (exact) mass is 1330 g/mol. The number of hydrogen-bond donors (Lipinski definition) is 0. The lowest BCUT2D eigenvalue weighted by Crippen LogP contribution is -2.14. The van der Waals surface area contributed by atoms with Crippen molar-refractivity contribution in [1.82, 2.24) is 0 Å². The summed E-state index contributed by atoms with van der Waals surface area (Å²) in [6.45, 7) is 12.4. The van der Waals surface area contributed by atoms with Gasteiger partial charge in [-0.05, 0) is 0 Å². The Morgan fingerprint density at radius 3 is 0.740 bits per heavy atom. The Labute approximate surface area is 541 Å². The Hall–Kier alpha value is -12.9. The maximum absolute atomic E-state index is 14.1. The number of rotatable bonds is 23. The Kier molecular flexibility index (Phi) is 23.6. The molecule has 0 spiro atoms. The zero-order valence-electron chi connectivity index (χ0n) is 53.0. The third-order valence-electron chi connectivity index (χ3n) is 10.9. The second kappa shape index (κ2) is 31.4. The number of carbonyl (C=O) groups is 14. The van der Waals surface area contributed by atoms with Crippen molar-refractivity contribution >= 4 is 83.6 Å². The van der Waals surface area contributed by atoms with Crippen LogP contribution in [0.4, 0.5) is 0 Å². The molecule has 0 aliphatic carbocycles. The van der Waals surface area contributed by atoms with E-state index in [4.69, 9.17) is 85.3 Å². The lowest BCUT2D eigenvalue weighted by Gasteiger charge is -2.24. The van der Waals surface area contributed by atoms with E-state index in [0.29, 0.717) is 0 Å². The summed E-state index contributed by atoms with van der Waals surface area (Å²) in [6, 6.07) is 11.7. The molecule has 0 atom stereocenters. The third-order valence-corrected chi connectivity index (χ3v) is 10.9. The first kappa shape index (κ1) is 72.2. The molecule has 0 aliphatic heterocycles. The fourth-order valence-electron chi connectivity index (χ4n) is 8.26. The number of ether oxygens (including phenoxy) is 18. The molecule has 0 fully saturated rings. The van der Waals surface area contributed by atoms with Crippen LogP contribution in [0.5, 0.6) is 121 Å². The topological polar surface area (TPSA) is 405 Å². The van der Waals surface area contributed by atoms with Gasteiger partial charge in [0.15, 0.2) is 46.0 Å². The predicted molar refractivity (Wildman–Crippen MR) is 316 cm³/mol.